The van der Waals surface area contributed by atoms with Crippen molar-refractivity contribution >= 4 is 23.1 Å². The van der Waals surface area contributed by atoms with Gasteiger partial charge in [-0.2, -0.15) is 0 Å². The number of carbonyl (C=O) groups excluding carboxylic acids is 1. The van der Waals surface area contributed by atoms with E-state index >= 15 is 0 Å². The van der Waals surface area contributed by atoms with Crippen LogP contribution in [0.1, 0.15) is 18.4 Å². The van der Waals surface area contributed by atoms with E-state index in [4.69, 9.17) is 22.7 Å². The van der Waals surface area contributed by atoms with E-state index in [1.165, 1.54) is 0 Å². The molecule has 1 aromatic rings. The van der Waals surface area contributed by atoms with E-state index in [1.54, 1.807) is 0 Å². The summed E-state index contributed by atoms with van der Waals surface area (Å²) >= 11 is 5.05. The molecule has 1 heterocycles. The van der Waals surface area contributed by atoms with Gasteiger partial charge in [0.15, 0.2) is 0 Å². The van der Waals surface area contributed by atoms with Crippen molar-refractivity contribution in [3.05, 3.63) is 35.9 Å². The highest BCUT2D eigenvalue weighted by molar-refractivity contribution is 7.80. The molecule has 1 saturated heterocycles. The number of benzene rings is 1. The van der Waals surface area contributed by atoms with Gasteiger partial charge in [0, 0.05) is 6.61 Å². The number of hydrogen-bond acceptors (Lipinski definition) is 3. The molecule has 1 aromatic carbocycles. The molecule has 0 bridgehead atoms. The summed E-state index contributed by atoms with van der Waals surface area (Å²) in [6.07, 6.45) is 2.46. The number of ether oxygens (including phenoxy) is 1. The fraction of sp³-hybridized carbons (Fsp3) is 0.467. The molecule has 3 N–H and O–H groups in total. The molecule has 1 amide bonds. The predicted molar refractivity (Wildman–Crippen MR) is 82.4 cm³/mol. The molecule has 2 unspecified atom stereocenters. The van der Waals surface area contributed by atoms with Crippen LogP contribution < -0.4 is 11.1 Å². The first-order chi connectivity index (χ1) is 9.66. The number of nitrogens with two attached hydrogens (primary N) is 1. The number of hydrogen-bond donors (Lipinski definition) is 2. The Labute approximate surface area is 124 Å². The van der Waals surface area contributed by atoms with Crippen LogP contribution in [0.5, 0.6) is 0 Å². The normalized spacial score (nSPS) is 20.1. The summed E-state index contributed by atoms with van der Waals surface area (Å²) in [5.41, 5.74) is 6.79. The lowest BCUT2D eigenvalue weighted by atomic mass is 9.97. The van der Waals surface area contributed by atoms with E-state index in [0.29, 0.717) is 13.0 Å². The quantitative estimate of drug-likeness (QED) is 0.806. The second-order valence-corrected chi connectivity index (χ2v) is 5.54. The lowest BCUT2D eigenvalue weighted by Gasteiger charge is -2.25. The van der Waals surface area contributed by atoms with E-state index in [9.17, 15) is 4.79 Å². The van der Waals surface area contributed by atoms with Crippen LogP contribution in [-0.4, -0.2) is 30.2 Å². The Kier molecular flexibility index (Phi) is 5.49. The molecule has 2 rings (SSSR count). The SMILES string of the molecule is NC(=S)C(Cc1ccccc1)C(=O)NC1CCCOC1. The van der Waals surface area contributed by atoms with E-state index in [2.05, 4.69) is 5.32 Å². The number of rotatable bonds is 5. The summed E-state index contributed by atoms with van der Waals surface area (Å²) < 4.78 is 5.36. The third-order valence-electron chi connectivity index (χ3n) is 3.45. The standard InChI is InChI=1S/C15H20N2O2S/c16-14(20)13(9-11-5-2-1-3-6-11)15(18)17-12-7-4-8-19-10-12/h1-3,5-6,12-13H,4,7-10H2,(H2,16,20)(H,17,18). The van der Waals surface area contributed by atoms with Crippen molar-refractivity contribution in [1.29, 1.82) is 0 Å². The highest BCUT2D eigenvalue weighted by Crippen LogP contribution is 2.12. The lowest BCUT2D eigenvalue weighted by molar-refractivity contribution is -0.124. The fourth-order valence-electron chi connectivity index (χ4n) is 2.33. The first kappa shape index (κ1) is 14.9. The third kappa shape index (κ3) is 4.28. The highest BCUT2D eigenvalue weighted by atomic mass is 32.1. The average Bonchev–Trinajstić information content (AvgIpc) is 2.46. The van der Waals surface area contributed by atoms with E-state index in [1.807, 2.05) is 30.3 Å². The van der Waals surface area contributed by atoms with Crippen LogP contribution in [0.15, 0.2) is 30.3 Å². The zero-order chi connectivity index (χ0) is 14.4. The molecule has 108 valence electrons. The van der Waals surface area contributed by atoms with E-state index in [0.717, 1.165) is 25.0 Å². The highest BCUT2D eigenvalue weighted by Gasteiger charge is 2.25. The number of amides is 1. The van der Waals surface area contributed by atoms with Crippen LogP contribution in [0.2, 0.25) is 0 Å². The van der Waals surface area contributed by atoms with Gasteiger partial charge in [0.2, 0.25) is 5.91 Å². The van der Waals surface area contributed by atoms with Crippen molar-refractivity contribution in [1.82, 2.24) is 5.32 Å². The Morgan fingerprint density at radius 1 is 1.45 bits per heavy atom. The third-order valence-corrected chi connectivity index (χ3v) is 3.73. The molecule has 2 atom stereocenters. The zero-order valence-electron chi connectivity index (χ0n) is 11.4. The van der Waals surface area contributed by atoms with Crippen LogP contribution in [-0.2, 0) is 16.0 Å². The molecule has 20 heavy (non-hydrogen) atoms. The van der Waals surface area contributed by atoms with Crippen LogP contribution in [0.25, 0.3) is 0 Å². The Hall–Kier alpha value is -1.46. The summed E-state index contributed by atoms with van der Waals surface area (Å²) in [4.78, 5) is 12.6. The van der Waals surface area contributed by atoms with Gasteiger partial charge in [0.25, 0.3) is 0 Å². The molecular formula is C15H20N2O2S. The van der Waals surface area contributed by atoms with Crippen molar-refractivity contribution in [2.24, 2.45) is 11.7 Å². The topological polar surface area (TPSA) is 64.4 Å². The molecule has 1 aliphatic rings. The molecule has 0 saturated carbocycles. The van der Waals surface area contributed by atoms with Gasteiger partial charge in [-0.15, -0.1) is 0 Å². The van der Waals surface area contributed by atoms with Gasteiger partial charge in [-0.25, -0.2) is 0 Å². The van der Waals surface area contributed by atoms with Crippen molar-refractivity contribution in [2.45, 2.75) is 25.3 Å². The summed E-state index contributed by atoms with van der Waals surface area (Å²) in [7, 11) is 0. The maximum absolute atomic E-state index is 12.3. The van der Waals surface area contributed by atoms with Gasteiger partial charge in [0.05, 0.1) is 23.6 Å². The largest absolute Gasteiger partial charge is 0.393 e. The van der Waals surface area contributed by atoms with Crippen molar-refractivity contribution in [2.75, 3.05) is 13.2 Å². The minimum absolute atomic E-state index is 0.0730. The molecule has 5 heteroatoms. The molecule has 1 fully saturated rings. The Morgan fingerprint density at radius 2 is 2.20 bits per heavy atom. The summed E-state index contributed by atoms with van der Waals surface area (Å²) in [5.74, 6) is -0.564. The molecule has 1 aliphatic heterocycles. The van der Waals surface area contributed by atoms with Gasteiger partial charge in [0.1, 0.15) is 0 Å². The van der Waals surface area contributed by atoms with E-state index < -0.39 is 5.92 Å². The zero-order valence-corrected chi connectivity index (χ0v) is 12.2. The van der Waals surface area contributed by atoms with Crippen LogP contribution in [0.4, 0.5) is 0 Å². The average molecular weight is 292 g/mol. The molecule has 0 spiro atoms. The minimum Gasteiger partial charge on any atom is -0.393 e. The smallest absolute Gasteiger partial charge is 0.230 e. The first-order valence-electron chi connectivity index (χ1n) is 6.88. The molecule has 0 aromatic heterocycles. The van der Waals surface area contributed by atoms with Gasteiger partial charge in [-0.3, -0.25) is 4.79 Å². The number of thiocarbonyl (C=S) groups is 1. The summed E-state index contributed by atoms with van der Waals surface area (Å²) in [6, 6.07) is 9.85. The maximum atomic E-state index is 12.3. The van der Waals surface area contributed by atoms with Crippen LogP contribution in [0.3, 0.4) is 0 Å². The summed E-state index contributed by atoms with van der Waals surface area (Å²) in [5, 5.41) is 2.99. The Balaban J connectivity index is 1.97. The van der Waals surface area contributed by atoms with Crippen LogP contribution >= 0.6 is 12.2 Å². The van der Waals surface area contributed by atoms with E-state index in [-0.39, 0.29) is 16.9 Å². The van der Waals surface area contributed by atoms with Gasteiger partial charge >= 0.3 is 0 Å². The molecular weight excluding hydrogens is 272 g/mol. The van der Waals surface area contributed by atoms with Gasteiger partial charge in [-0.1, -0.05) is 42.5 Å². The lowest BCUT2D eigenvalue weighted by Crippen LogP contribution is -2.46. The summed E-state index contributed by atoms with van der Waals surface area (Å²) in [6.45, 7) is 1.34. The Morgan fingerprint density at radius 3 is 2.80 bits per heavy atom. The van der Waals surface area contributed by atoms with Gasteiger partial charge in [-0.05, 0) is 24.8 Å². The first-order valence-corrected chi connectivity index (χ1v) is 7.29. The second kappa shape index (κ2) is 7.36. The number of carbonyl (C=O) groups is 1. The minimum atomic E-state index is -0.464. The van der Waals surface area contributed by atoms with Crippen molar-refractivity contribution in [3.63, 3.8) is 0 Å². The van der Waals surface area contributed by atoms with Crippen molar-refractivity contribution < 1.29 is 9.53 Å². The van der Waals surface area contributed by atoms with Crippen LogP contribution in [0, 0.1) is 5.92 Å². The maximum Gasteiger partial charge on any atom is 0.230 e. The van der Waals surface area contributed by atoms with Gasteiger partial charge < -0.3 is 15.8 Å². The predicted octanol–water partition coefficient (Wildman–Crippen LogP) is 1.43. The number of nitrogens with one attached hydrogen (secondary N) is 1. The molecule has 0 radical (unpaired) electrons. The monoisotopic (exact) mass is 292 g/mol. The molecule has 4 nitrogen and oxygen atoms in total. The fourth-order valence-corrected chi connectivity index (χ4v) is 2.52. The molecule has 0 aliphatic carbocycles. The van der Waals surface area contributed by atoms with Crippen molar-refractivity contribution in [3.8, 4) is 0 Å². The Bertz CT molecular complexity index is 458. The second-order valence-electron chi connectivity index (χ2n) is 5.07.